The molecule has 1 heterocycles. The highest BCUT2D eigenvalue weighted by Gasteiger charge is 2.53. The number of fused-ring (bicyclic) bond motifs is 1. The maximum Gasteiger partial charge on any atom is 0.00111 e. The molecule has 1 N–H and O–H groups in total. The van der Waals surface area contributed by atoms with Crippen molar-refractivity contribution in [1.29, 1.82) is 0 Å². The van der Waals surface area contributed by atoms with Crippen LogP contribution in [-0.2, 0) is 6.42 Å². The van der Waals surface area contributed by atoms with E-state index in [9.17, 15) is 0 Å². The fourth-order valence-electron chi connectivity index (χ4n) is 3.57. The van der Waals surface area contributed by atoms with E-state index in [0.717, 1.165) is 18.4 Å². The molecule has 0 radical (unpaired) electrons. The van der Waals surface area contributed by atoms with Gasteiger partial charge in [0.1, 0.15) is 0 Å². The summed E-state index contributed by atoms with van der Waals surface area (Å²) in [7, 11) is 0. The molecule has 0 amide bonds. The van der Waals surface area contributed by atoms with Gasteiger partial charge in [-0.25, -0.2) is 0 Å². The van der Waals surface area contributed by atoms with Gasteiger partial charge >= 0.3 is 0 Å². The minimum absolute atomic E-state index is 0.588. The van der Waals surface area contributed by atoms with Crippen molar-refractivity contribution in [3.63, 3.8) is 0 Å². The van der Waals surface area contributed by atoms with Gasteiger partial charge in [0.2, 0.25) is 0 Å². The average molecular weight is 235 g/mol. The third kappa shape index (κ3) is 2.05. The maximum atomic E-state index is 3.59. The summed E-state index contributed by atoms with van der Waals surface area (Å²) in [5.41, 5.74) is 2.15. The second kappa shape index (κ2) is 4.15. The van der Waals surface area contributed by atoms with Crippen LogP contribution in [0.4, 0.5) is 0 Å². The highest BCUT2D eigenvalue weighted by Crippen LogP contribution is 2.60. The molecule has 2 fully saturated rings. The third-order valence-corrected chi connectivity index (χ3v) is 5.10. The van der Waals surface area contributed by atoms with E-state index in [2.05, 4.69) is 29.1 Å². The molecule has 0 aromatic carbocycles. The van der Waals surface area contributed by atoms with Crippen molar-refractivity contribution in [2.24, 2.45) is 17.3 Å². The Balaban J connectivity index is 1.69. The molecule has 2 saturated carbocycles. The quantitative estimate of drug-likeness (QED) is 0.825. The second-order valence-corrected chi connectivity index (χ2v) is 6.53. The number of thiophene rings is 1. The Labute approximate surface area is 102 Å². The van der Waals surface area contributed by atoms with Crippen molar-refractivity contribution in [2.45, 2.75) is 32.6 Å². The van der Waals surface area contributed by atoms with Crippen LogP contribution in [-0.4, -0.2) is 13.1 Å². The van der Waals surface area contributed by atoms with E-state index < -0.39 is 0 Å². The molecule has 0 saturated heterocycles. The highest BCUT2D eigenvalue weighted by atomic mass is 32.1. The zero-order valence-corrected chi connectivity index (χ0v) is 10.9. The van der Waals surface area contributed by atoms with Crippen LogP contribution in [0.5, 0.6) is 0 Å². The zero-order chi connectivity index (χ0) is 11.0. The zero-order valence-electron chi connectivity index (χ0n) is 10.0. The first-order valence-corrected chi connectivity index (χ1v) is 7.47. The average Bonchev–Trinajstić information content (AvgIpc) is 2.71. The van der Waals surface area contributed by atoms with Crippen molar-refractivity contribution in [1.82, 2.24) is 5.32 Å². The summed E-state index contributed by atoms with van der Waals surface area (Å²) in [6.45, 7) is 4.56. The Kier molecular flexibility index (Phi) is 2.80. The van der Waals surface area contributed by atoms with E-state index in [-0.39, 0.29) is 0 Å². The molecule has 2 heteroatoms. The van der Waals surface area contributed by atoms with Gasteiger partial charge in [0.15, 0.2) is 0 Å². The van der Waals surface area contributed by atoms with Crippen LogP contribution >= 0.6 is 11.3 Å². The summed E-state index contributed by atoms with van der Waals surface area (Å²) in [6, 6.07) is 2.31. The summed E-state index contributed by atoms with van der Waals surface area (Å²) in [5, 5.41) is 8.13. The molecule has 0 aliphatic heterocycles. The molecule has 3 rings (SSSR count). The largest absolute Gasteiger partial charge is 0.316 e. The summed E-state index contributed by atoms with van der Waals surface area (Å²) < 4.78 is 0. The van der Waals surface area contributed by atoms with Crippen molar-refractivity contribution >= 4 is 11.3 Å². The Morgan fingerprint density at radius 2 is 2.25 bits per heavy atom. The van der Waals surface area contributed by atoms with Gasteiger partial charge in [-0.2, -0.15) is 11.3 Å². The maximum absolute atomic E-state index is 3.59. The van der Waals surface area contributed by atoms with Gasteiger partial charge in [0, 0.05) is 6.54 Å². The lowest BCUT2D eigenvalue weighted by molar-refractivity contribution is 0.251. The molecule has 2 aliphatic carbocycles. The molecule has 1 aromatic heterocycles. The SMILES string of the molecule is CCNCC1(Cc2ccsc2)CC2CC2C1. The number of nitrogens with one attached hydrogen (secondary N) is 1. The van der Waals surface area contributed by atoms with E-state index in [1.807, 2.05) is 11.3 Å². The predicted octanol–water partition coefficient (Wildman–Crippen LogP) is 3.32. The number of hydrogen-bond acceptors (Lipinski definition) is 2. The topological polar surface area (TPSA) is 12.0 Å². The van der Waals surface area contributed by atoms with E-state index in [4.69, 9.17) is 0 Å². The summed E-state index contributed by atoms with van der Waals surface area (Å²) in [4.78, 5) is 0. The Hall–Kier alpha value is -0.340. The lowest BCUT2D eigenvalue weighted by Crippen LogP contribution is -2.35. The monoisotopic (exact) mass is 235 g/mol. The Morgan fingerprint density at radius 1 is 1.44 bits per heavy atom. The molecule has 2 atom stereocenters. The molecule has 0 bridgehead atoms. The van der Waals surface area contributed by atoms with Gasteiger partial charge < -0.3 is 5.32 Å². The summed E-state index contributed by atoms with van der Waals surface area (Å²) in [5.74, 6) is 2.16. The molecule has 2 unspecified atom stereocenters. The summed E-state index contributed by atoms with van der Waals surface area (Å²) in [6.07, 6.45) is 5.77. The molecule has 1 aromatic rings. The van der Waals surface area contributed by atoms with E-state index in [1.165, 1.54) is 32.2 Å². The Bertz CT molecular complexity index is 334. The standard InChI is InChI=1S/C14H21NS/c1-2-15-10-14(6-11-3-4-16-9-11)7-12-5-13(12)8-14/h3-4,9,12-13,15H,2,5-8,10H2,1H3. The van der Waals surface area contributed by atoms with E-state index >= 15 is 0 Å². The smallest absolute Gasteiger partial charge is 0.00111 e. The molecular weight excluding hydrogens is 214 g/mol. The van der Waals surface area contributed by atoms with Crippen LogP contribution in [0.1, 0.15) is 31.7 Å². The van der Waals surface area contributed by atoms with Crippen LogP contribution in [0.15, 0.2) is 16.8 Å². The van der Waals surface area contributed by atoms with Gasteiger partial charge in [0.05, 0.1) is 0 Å². The first-order chi connectivity index (χ1) is 7.81. The normalized spacial score (nSPS) is 36.3. The van der Waals surface area contributed by atoms with Crippen molar-refractivity contribution < 1.29 is 0 Å². The molecule has 88 valence electrons. The van der Waals surface area contributed by atoms with Crippen molar-refractivity contribution in [3.8, 4) is 0 Å². The fraction of sp³-hybridized carbons (Fsp3) is 0.714. The van der Waals surface area contributed by atoms with Gasteiger partial charge in [-0.3, -0.25) is 0 Å². The molecule has 16 heavy (non-hydrogen) atoms. The first-order valence-electron chi connectivity index (χ1n) is 6.53. The van der Waals surface area contributed by atoms with Crippen LogP contribution in [0.2, 0.25) is 0 Å². The van der Waals surface area contributed by atoms with E-state index in [0.29, 0.717) is 5.41 Å². The first kappa shape index (κ1) is 10.8. The molecule has 1 nitrogen and oxygen atoms in total. The molecule has 0 spiro atoms. The van der Waals surface area contributed by atoms with Gasteiger partial charge in [-0.05, 0) is 71.9 Å². The minimum atomic E-state index is 0.588. The van der Waals surface area contributed by atoms with E-state index in [1.54, 1.807) is 5.56 Å². The van der Waals surface area contributed by atoms with Gasteiger partial charge in [0.25, 0.3) is 0 Å². The number of hydrogen-bond donors (Lipinski definition) is 1. The van der Waals surface area contributed by atoms with Gasteiger partial charge in [-0.15, -0.1) is 0 Å². The molecule has 2 aliphatic rings. The highest BCUT2D eigenvalue weighted by molar-refractivity contribution is 7.07. The minimum Gasteiger partial charge on any atom is -0.316 e. The van der Waals surface area contributed by atoms with Crippen molar-refractivity contribution in [2.75, 3.05) is 13.1 Å². The summed E-state index contributed by atoms with van der Waals surface area (Å²) >= 11 is 1.84. The Morgan fingerprint density at radius 3 is 2.88 bits per heavy atom. The van der Waals surface area contributed by atoms with Crippen LogP contribution < -0.4 is 5.32 Å². The van der Waals surface area contributed by atoms with Crippen LogP contribution in [0.25, 0.3) is 0 Å². The lowest BCUT2D eigenvalue weighted by Gasteiger charge is -2.31. The molecular formula is C14H21NS. The van der Waals surface area contributed by atoms with Crippen LogP contribution in [0.3, 0.4) is 0 Å². The van der Waals surface area contributed by atoms with Crippen LogP contribution in [0, 0.1) is 17.3 Å². The van der Waals surface area contributed by atoms with Crippen molar-refractivity contribution in [3.05, 3.63) is 22.4 Å². The second-order valence-electron chi connectivity index (χ2n) is 5.75. The third-order valence-electron chi connectivity index (χ3n) is 4.37. The predicted molar refractivity (Wildman–Crippen MR) is 69.8 cm³/mol. The lowest BCUT2D eigenvalue weighted by atomic mass is 9.78. The van der Waals surface area contributed by atoms with Gasteiger partial charge in [-0.1, -0.05) is 6.92 Å². The fourth-order valence-corrected chi connectivity index (χ4v) is 4.24. The number of rotatable bonds is 5.